The first kappa shape index (κ1) is 22.9. The van der Waals surface area contributed by atoms with Crippen LogP contribution in [0.5, 0.6) is 17.2 Å². The number of amides is 1. The summed E-state index contributed by atoms with van der Waals surface area (Å²) in [6.45, 7) is 2.49. The van der Waals surface area contributed by atoms with Crippen LogP contribution >= 0.6 is 24.0 Å². The molecule has 1 heterocycles. The number of para-hydroxylation sites is 1. The van der Waals surface area contributed by atoms with Gasteiger partial charge in [0, 0.05) is 11.6 Å². The van der Waals surface area contributed by atoms with Gasteiger partial charge in [0.25, 0.3) is 5.91 Å². The molecule has 168 valence electrons. The summed E-state index contributed by atoms with van der Waals surface area (Å²) in [4.78, 5) is 15.3. The Hall–Kier alpha value is -3.29. The Morgan fingerprint density at radius 2 is 1.73 bits per heavy atom. The number of carbonyl (C=O) groups is 1. The summed E-state index contributed by atoms with van der Waals surface area (Å²) >= 11 is 6.78. The first-order valence-corrected chi connectivity index (χ1v) is 11.5. The second-order valence-corrected chi connectivity index (χ2v) is 9.04. The fourth-order valence-electron chi connectivity index (χ4n) is 3.36. The maximum Gasteiger partial charge on any atom is 0.270 e. The van der Waals surface area contributed by atoms with E-state index in [1.807, 2.05) is 42.5 Å². The van der Waals surface area contributed by atoms with Gasteiger partial charge in [0.1, 0.15) is 23.9 Å². The molecule has 0 atom stereocenters. The predicted molar refractivity (Wildman–Crippen MR) is 137 cm³/mol. The number of carbonyl (C=O) groups excluding carboxylic acids is 1. The van der Waals surface area contributed by atoms with E-state index in [9.17, 15) is 4.79 Å². The van der Waals surface area contributed by atoms with Crippen LogP contribution in [0.15, 0.2) is 71.6 Å². The van der Waals surface area contributed by atoms with Gasteiger partial charge in [-0.3, -0.25) is 9.69 Å². The van der Waals surface area contributed by atoms with Gasteiger partial charge in [0.15, 0.2) is 4.32 Å². The van der Waals surface area contributed by atoms with Crippen LogP contribution in [0, 0.1) is 6.92 Å². The van der Waals surface area contributed by atoms with Crippen LogP contribution in [0.25, 0.3) is 6.08 Å². The van der Waals surface area contributed by atoms with Crippen molar-refractivity contribution in [1.29, 1.82) is 0 Å². The lowest BCUT2D eigenvalue weighted by atomic mass is 10.1. The minimum Gasteiger partial charge on any atom is -0.497 e. The standard InChI is InChI=1S/C26H23NO4S2/c1-17-8-10-18(11-9-17)16-31-22-7-5-4-6-19(22)14-24-25(28)27(26(32)33-24)21-13-12-20(29-2)15-23(21)30-3/h4-15H,16H2,1-3H3. The molecule has 0 bridgehead atoms. The zero-order valence-corrected chi connectivity index (χ0v) is 20.2. The van der Waals surface area contributed by atoms with E-state index < -0.39 is 0 Å². The van der Waals surface area contributed by atoms with Gasteiger partial charge < -0.3 is 14.2 Å². The molecule has 0 aromatic heterocycles. The van der Waals surface area contributed by atoms with Gasteiger partial charge >= 0.3 is 0 Å². The second-order valence-electron chi connectivity index (χ2n) is 7.37. The molecule has 1 aliphatic heterocycles. The average Bonchev–Trinajstić information content (AvgIpc) is 3.11. The zero-order valence-electron chi connectivity index (χ0n) is 18.5. The van der Waals surface area contributed by atoms with E-state index >= 15 is 0 Å². The number of hydrogen-bond acceptors (Lipinski definition) is 6. The van der Waals surface area contributed by atoms with Gasteiger partial charge in [-0.2, -0.15) is 0 Å². The van der Waals surface area contributed by atoms with E-state index in [0.29, 0.717) is 38.8 Å². The molecular weight excluding hydrogens is 454 g/mol. The van der Waals surface area contributed by atoms with Gasteiger partial charge in [-0.15, -0.1) is 0 Å². The highest BCUT2D eigenvalue weighted by Gasteiger charge is 2.35. The summed E-state index contributed by atoms with van der Waals surface area (Å²) in [5, 5.41) is 0. The number of nitrogens with zero attached hydrogens (tertiary/aromatic N) is 1. The predicted octanol–water partition coefficient (Wildman–Crippen LogP) is 6.00. The largest absolute Gasteiger partial charge is 0.497 e. The molecule has 0 N–H and O–H groups in total. The van der Waals surface area contributed by atoms with Crippen molar-refractivity contribution in [1.82, 2.24) is 0 Å². The van der Waals surface area contributed by atoms with Crippen LogP contribution in [-0.2, 0) is 11.4 Å². The molecule has 0 unspecified atom stereocenters. The molecule has 0 radical (unpaired) electrons. The number of rotatable bonds is 7. The third-order valence-electron chi connectivity index (χ3n) is 5.14. The van der Waals surface area contributed by atoms with Crippen LogP contribution in [0.1, 0.15) is 16.7 Å². The van der Waals surface area contributed by atoms with Crippen molar-refractivity contribution in [3.8, 4) is 17.2 Å². The van der Waals surface area contributed by atoms with Crippen LogP contribution in [0.3, 0.4) is 0 Å². The lowest BCUT2D eigenvalue weighted by molar-refractivity contribution is -0.113. The maximum absolute atomic E-state index is 13.3. The van der Waals surface area contributed by atoms with Crippen molar-refractivity contribution < 1.29 is 19.0 Å². The Balaban J connectivity index is 1.59. The average molecular weight is 478 g/mol. The number of hydrogen-bond donors (Lipinski definition) is 0. The molecule has 1 fully saturated rings. The summed E-state index contributed by atoms with van der Waals surface area (Å²) in [5.74, 6) is 1.64. The molecule has 0 spiro atoms. The monoisotopic (exact) mass is 477 g/mol. The van der Waals surface area contributed by atoms with Gasteiger partial charge in [0.2, 0.25) is 0 Å². The van der Waals surface area contributed by atoms with Crippen LogP contribution in [0.2, 0.25) is 0 Å². The lowest BCUT2D eigenvalue weighted by Gasteiger charge is -2.18. The van der Waals surface area contributed by atoms with Crippen LogP contribution in [-0.4, -0.2) is 24.4 Å². The van der Waals surface area contributed by atoms with Gasteiger partial charge in [0.05, 0.1) is 24.8 Å². The summed E-state index contributed by atoms with van der Waals surface area (Å²) < 4.78 is 17.2. The Labute approximate surface area is 203 Å². The highest BCUT2D eigenvalue weighted by atomic mass is 32.2. The number of thioether (sulfide) groups is 1. The SMILES string of the molecule is COc1ccc(N2C(=O)C(=Cc3ccccc3OCc3ccc(C)cc3)SC2=S)c(OC)c1. The lowest BCUT2D eigenvalue weighted by Crippen LogP contribution is -2.27. The van der Waals surface area contributed by atoms with E-state index in [2.05, 4.69) is 19.1 Å². The highest BCUT2D eigenvalue weighted by molar-refractivity contribution is 8.27. The number of anilines is 1. The molecular formula is C26H23NO4S2. The number of aryl methyl sites for hydroxylation is 1. The third-order valence-corrected chi connectivity index (χ3v) is 6.44. The van der Waals surface area contributed by atoms with E-state index in [1.165, 1.54) is 22.2 Å². The van der Waals surface area contributed by atoms with Crippen molar-refractivity contribution in [2.24, 2.45) is 0 Å². The number of ether oxygens (including phenoxy) is 3. The smallest absolute Gasteiger partial charge is 0.270 e. The molecule has 1 saturated heterocycles. The van der Waals surface area contributed by atoms with Crippen molar-refractivity contribution in [2.75, 3.05) is 19.1 Å². The number of thiocarbonyl (C=S) groups is 1. The molecule has 3 aromatic carbocycles. The Kier molecular flexibility index (Phi) is 7.01. The topological polar surface area (TPSA) is 48.0 Å². The van der Waals surface area contributed by atoms with Gasteiger partial charge in [-0.25, -0.2) is 0 Å². The van der Waals surface area contributed by atoms with E-state index in [4.69, 9.17) is 26.4 Å². The van der Waals surface area contributed by atoms with Crippen molar-refractivity contribution in [3.05, 3.63) is 88.3 Å². The Bertz CT molecular complexity index is 1220. The number of methoxy groups -OCH3 is 2. The fraction of sp³-hybridized carbons (Fsp3) is 0.154. The van der Waals surface area contributed by atoms with Crippen LogP contribution in [0.4, 0.5) is 5.69 Å². The molecule has 1 amide bonds. The molecule has 5 nitrogen and oxygen atoms in total. The van der Waals surface area contributed by atoms with Gasteiger partial charge in [-0.05, 0) is 36.8 Å². The van der Waals surface area contributed by atoms with E-state index in [1.54, 1.807) is 32.4 Å². The molecule has 0 aliphatic carbocycles. The fourth-order valence-corrected chi connectivity index (χ4v) is 4.64. The highest BCUT2D eigenvalue weighted by Crippen LogP contribution is 2.41. The zero-order chi connectivity index (χ0) is 23.4. The van der Waals surface area contributed by atoms with E-state index in [0.717, 1.165) is 11.1 Å². The van der Waals surface area contributed by atoms with Crippen molar-refractivity contribution in [2.45, 2.75) is 13.5 Å². The Morgan fingerprint density at radius 3 is 2.45 bits per heavy atom. The van der Waals surface area contributed by atoms with Crippen molar-refractivity contribution >= 4 is 46.0 Å². The molecule has 4 rings (SSSR count). The normalized spacial score (nSPS) is 14.6. The first-order valence-electron chi connectivity index (χ1n) is 10.3. The molecule has 0 saturated carbocycles. The molecule has 33 heavy (non-hydrogen) atoms. The quantitative estimate of drug-likeness (QED) is 0.307. The minimum absolute atomic E-state index is 0.207. The Morgan fingerprint density at radius 1 is 0.970 bits per heavy atom. The molecule has 1 aliphatic rings. The molecule has 7 heteroatoms. The summed E-state index contributed by atoms with van der Waals surface area (Å²) in [6.07, 6.45) is 1.82. The van der Waals surface area contributed by atoms with Crippen molar-refractivity contribution in [3.63, 3.8) is 0 Å². The number of benzene rings is 3. The molecule has 3 aromatic rings. The minimum atomic E-state index is -0.207. The third kappa shape index (κ3) is 5.05. The summed E-state index contributed by atoms with van der Waals surface area (Å²) in [7, 11) is 3.13. The second kappa shape index (κ2) is 10.1. The van der Waals surface area contributed by atoms with Crippen LogP contribution < -0.4 is 19.1 Å². The summed E-state index contributed by atoms with van der Waals surface area (Å²) in [5.41, 5.74) is 3.67. The maximum atomic E-state index is 13.3. The summed E-state index contributed by atoms with van der Waals surface area (Å²) in [6, 6.07) is 21.1. The van der Waals surface area contributed by atoms with Gasteiger partial charge in [-0.1, -0.05) is 72.0 Å². The first-order chi connectivity index (χ1) is 16.0. The van der Waals surface area contributed by atoms with E-state index in [-0.39, 0.29) is 5.91 Å².